The third-order valence-electron chi connectivity index (χ3n) is 6.04. The highest BCUT2D eigenvalue weighted by Gasteiger charge is 2.20. The number of furan rings is 1. The topological polar surface area (TPSA) is 93.1 Å². The monoisotopic (exact) mass is 488 g/mol. The first-order valence-electron chi connectivity index (χ1n) is 11.8. The van der Waals surface area contributed by atoms with Gasteiger partial charge in [0.1, 0.15) is 17.3 Å². The van der Waals surface area contributed by atoms with Crippen LogP contribution in [0.2, 0.25) is 0 Å². The van der Waals surface area contributed by atoms with Gasteiger partial charge in [0, 0.05) is 17.1 Å². The molecular formula is C30H24N4O3. The Morgan fingerprint density at radius 3 is 2.51 bits per heavy atom. The lowest BCUT2D eigenvalue weighted by Crippen LogP contribution is -2.27. The Bertz CT molecular complexity index is 1630. The molecule has 37 heavy (non-hydrogen) atoms. The predicted octanol–water partition coefficient (Wildman–Crippen LogP) is 6.08. The number of methoxy groups -OCH3 is 1. The number of ether oxygens (including phenoxy) is 1. The zero-order valence-corrected chi connectivity index (χ0v) is 20.4. The number of rotatable bonds is 7. The van der Waals surface area contributed by atoms with Crippen LogP contribution in [0.1, 0.15) is 24.1 Å². The molecule has 0 aliphatic heterocycles. The summed E-state index contributed by atoms with van der Waals surface area (Å²) in [5, 5.41) is 18.4. The van der Waals surface area contributed by atoms with E-state index in [4.69, 9.17) is 14.3 Å². The van der Waals surface area contributed by atoms with Gasteiger partial charge < -0.3 is 14.5 Å². The molecule has 0 saturated heterocycles. The summed E-state index contributed by atoms with van der Waals surface area (Å²) in [6.07, 6.45) is 3.32. The van der Waals surface area contributed by atoms with Gasteiger partial charge >= 0.3 is 0 Å². The highest BCUT2D eigenvalue weighted by molar-refractivity contribution is 6.02. The number of hydrogen-bond acceptors (Lipinski definition) is 5. The highest BCUT2D eigenvalue weighted by atomic mass is 16.5. The van der Waals surface area contributed by atoms with Crippen LogP contribution in [0.5, 0.6) is 5.75 Å². The van der Waals surface area contributed by atoms with Crippen LogP contribution >= 0.6 is 0 Å². The third kappa shape index (κ3) is 4.86. The maximum Gasteiger partial charge on any atom is 0.262 e. The molecule has 0 spiro atoms. The van der Waals surface area contributed by atoms with Crippen LogP contribution in [0, 0.1) is 11.3 Å². The number of carbonyl (C=O) groups excluding carboxylic acids is 1. The van der Waals surface area contributed by atoms with Gasteiger partial charge in [-0.15, -0.1) is 0 Å². The van der Waals surface area contributed by atoms with Crippen molar-refractivity contribution in [3.05, 3.63) is 108 Å². The second kappa shape index (κ2) is 10.3. The van der Waals surface area contributed by atoms with Crippen molar-refractivity contribution in [2.45, 2.75) is 13.0 Å². The van der Waals surface area contributed by atoms with Gasteiger partial charge in [-0.05, 0) is 42.8 Å². The van der Waals surface area contributed by atoms with E-state index in [2.05, 4.69) is 5.32 Å². The number of nitriles is 1. The van der Waals surface area contributed by atoms with Gasteiger partial charge in [0.2, 0.25) is 0 Å². The van der Waals surface area contributed by atoms with Crippen LogP contribution in [-0.4, -0.2) is 22.8 Å². The van der Waals surface area contributed by atoms with Gasteiger partial charge in [-0.25, -0.2) is 4.68 Å². The van der Waals surface area contributed by atoms with Gasteiger partial charge in [-0.1, -0.05) is 60.7 Å². The number of nitrogens with zero attached hydrogens (tertiary/aromatic N) is 3. The number of hydrogen-bond donors (Lipinski definition) is 1. The zero-order valence-electron chi connectivity index (χ0n) is 20.4. The average molecular weight is 489 g/mol. The maximum atomic E-state index is 13.0. The maximum absolute atomic E-state index is 13.0. The fraction of sp³-hybridized carbons (Fsp3) is 0.100. The van der Waals surface area contributed by atoms with Crippen molar-refractivity contribution < 1.29 is 13.9 Å². The number of fused-ring (bicyclic) bond motifs is 1. The predicted molar refractivity (Wildman–Crippen MR) is 142 cm³/mol. The number of carbonyl (C=O) groups is 1. The average Bonchev–Trinajstić information content (AvgIpc) is 3.56. The summed E-state index contributed by atoms with van der Waals surface area (Å²) in [6.45, 7) is 1.88. The molecule has 5 rings (SSSR count). The first-order valence-corrected chi connectivity index (χ1v) is 11.8. The van der Waals surface area contributed by atoms with E-state index in [1.807, 2.05) is 97.9 Å². The summed E-state index contributed by atoms with van der Waals surface area (Å²) in [6, 6.07) is 28.5. The van der Waals surface area contributed by atoms with Crippen LogP contribution in [0.3, 0.4) is 0 Å². The third-order valence-corrected chi connectivity index (χ3v) is 6.04. The minimum atomic E-state index is -0.469. The molecule has 0 saturated carbocycles. The molecule has 1 amide bonds. The van der Waals surface area contributed by atoms with E-state index < -0.39 is 5.91 Å². The Kier molecular flexibility index (Phi) is 6.56. The fourth-order valence-electron chi connectivity index (χ4n) is 4.11. The summed E-state index contributed by atoms with van der Waals surface area (Å²) in [7, 11) is 1.59. The second-order valence-corrected chi connectivity index (χ2v) is 8.48. The standard InChI is InChI=1S/C30H24N4O3/c1-20(21-10-5-3-6-11-21)32-30(35)23(18-31)16-24-19-34(25-13-7-4-8-14-25)33-28(24)27-17-22-12-9-15-26(36-2)29(22)37-27/h3-17,19-20H,1-2H3,(H,32,35). The van der Waals surface area contributed by atoms with Crippen molar-refractivity contribution in [2.75, 3.05) is 7.11 Å². The van der Waals surface area contributed by atoms with Crippen molar-refractivity contribution >= 4 is 23.0 Å². The van der Waals surface area contributed by atoms with Crippen LogP contribution in [-0.2, 0) is 4.79 Å². The van der Waals surface area contributed by atoms with Crippen LogP contribution in [0.15, 0.2) is 101 Å². The van der Waals surface area contributed by atoms with E-state index in [1.54, 1.807) is 24.1 Å². The van der Waals surface area contributed by atoms with Crippen LogP contribution in [0.25, 0.3) is 34.2 Å². The number of aromatic nitrogens is 2. The van der Waals surface area contributed by atoms with Gasteiger partial charge in [0.15, 0.2) is 17.1 Å². The molecule has 0 bridgehead atoms. The molecule has 182 valence electrons. The summed E-state index contributed by atoms with van der Waals surface area (Å²) in [5.41, 5.74) is 3.41. The Morgan fingerprint density at radius 1 is 1.08 bits per heavy atom. The molecule has 0 aliphatic carbocycles. The first-order chi connectivity index (χ1) is 18.1. The molecule has 0 aliphatic rings. The molecule has 0 radical (unpaired) electrons. The summed E-state index contributed by atoms with van der Waals surface area (Å²) in [5.74, 6) is 0.634. The van der Waals surface area contributed by atoms with E-state index in [-0.39, 0.29) is 11.6 Å². The molecule has 1 unspecified atom stereocenters. The number of para-hydroxylation sites is 2. The van der Waals surface area contributed by atoms with E-state index in [0.717, 1.165) is 16.6 Å². The van der Waals surface area contributed by atoms with Crippen molar-refractivity contribution in [2.24, 2.45) is 0 Å². The Balaban J connectivity index is 1.57. The lowest BCUT2D eigenvalue weighted by atomic mass is 10.1. The second-order valence-electron chi connectivity index (χ2n) is 8.48. The molecule has 1 atom stereocenters. The molecule has 7 heteroatoms. The zero-order chi connectivity index (χ0) is 25.8. The van der Waals surface area contributed by atoms with Crippen molar-refractivity contribution in [1.29, 1.82) is 5.26 Å². The lowest BCUT2D eigenvalue weighted by Gasteiger charge is -2.13. The smallest absolute Gasteiger partial charge is 0.262 e. The van der Waals surface area contributed by atoms with E-state index in [1.165, 1.54) is 0 Å². The normalized spacial score (nSPS) is 12.2. The Morgan fingerprint density at radius 2 is 1.81 bits per heavy atom. The van der Waals surface area contributed by atoms with Gasteiger partial charge in [-0.3, -0.25) is 4.79 Å². The fourth-order valence-corrected chi connectivity index (χ4v) is 4.11. The van der Waals surface area contributed by atoms with Gasteiger partial charge in [0.05, 0.1) is 18.8 Å². The minimum absolute atomic E-state index is 0.0367. The largest absolute Gasteiger partial charge is 0.493 e. The minimum Gasteiger partial charge on any atom is -0.493 e. The van der Waals surface area contributed by atoms with Crippen molar-refractivity contribution in [3.63, 3.8) is 0 Å². The van der Waals surface area contributed by atoms with Crippen molar-refractivity contribution in [1.82, 2.24) is 15.1 Å². The first kappa shape index (κ1) is 23.6. The summed E-state index contributed by atoms with van der Waals surface area (Å²) < 4.78 is 13.3. The highest BCUT2D eigenvalue weighted by Crippen LogP contribution is 2.35. The van der Waals surface area contributed by atoms with E-state index in [9.17, 15) is 10.1 Å². The van der Waals surface area contributed by atoms with E-state index >= 15 is 0 Å². The van der Waals surface area contributed by atoms with Crippen LogP contribution in [0.4, 0.5) is 0 Å². The molecule has 3 aromatic carbocycles. The number of benzene rings is 3. The molecule has 0 fully saturated rings. The quantitative estimate of drug-likeness (QED) is 0.221. The number of amides is 1. The molecule has 5 aromatic rings. The Hall–Kier alpha value is -5.09. The molecule has 7 nitrogen and oxygen atoms in total. The summed E-state index contributed by atoms with van der Waals surface area (Å²) >= 11 is 0. The van der Waals surface area contributed by atoms with Crippen molar-refractivity contribution in [3.8, 4) is 29.0 Å². The van der Waals surface area contributed by atoms with E-state index in [0.29, 0.717) is 28.4 Å². The summed E-state index contributed by atoms with van der Waals surface area (Å²) in [4.78, 5) is 13.0. The van der Waals surface area contributed by atoms with Crippen LogP contribution < -0.4 is 10.1 Å². The van der Waals surface area contributed by atoms with Gasteiger partial charge in [-0.2, -0.15) is 10.4 Å². The lowest BCUT2D eigenvalue weighted by molar-refractivity contribution is -0.117. The SMILES string of the molecule is COc1cccc2cc(-c3nn(-c4ccccc4)cc3C=C(C#N)C(=O)NC(C)c3ccccc3)oc12. The Labute approximate surface area is 214 Å². The molecule has 2 heterocycles. The van der Waals surface area contributed by atoms with Gasteiger partial charge in [0.25, 0.3) is 5.91 Å². The number of nitrogens with one attached hydrogen (secondary N) is 1. The molecular weight excluding hydrogens is 464 g/mol. The molecule has 1 N–H and O–H groups in total. The molecule has 2 aromatic heterocycles.